The van der Waals surface area contributed by atoms with E-state index in [0.717, 1.165) is 29.0 Å². The summed E-state index contributed by atoms with van der Waals surface area (Å²) in [5.74, 6) is 1.59. The molecule has 0 unspecified atom stereocenters. The van der Waals surface area contributed by atoms with Crippen LogP contribution in [0.2, 0.25) is 0 Å². The fraction of sp³-hybridized carbons (Fsp3) is 0.267. The Hall–Kier alpha value is -1.55. The first-order chi connectivity index (χ1) is 9.29. The Kier molecular flexibility index (Phi) is 5.21. The molecule has 0 fully saturated rings. The molecular weight excluding hydrogens is 304 g/mol. The van der Waals surface area contributed by atoms with E-state index >= 15 is 0 Å². The third-order valence-electron chi connectivity index (χ3n) is 2.58. The molecule has 3 nitrogen and oxygen atoms in total. The summed E-state index contributed by atoms with van der Waals surface area (Å²) in [6, 6.07) is 12.0. The minimum absolute atomic E-state index is 0.706. The van der Waals surface area contributed by atoms with Crippen molar-refractivity contribution in [2.24, 2.45) is 0 Å². The maximum Gasteiger partial charge on any atom is 0.169 e. The van der Waals surface area contributed by atoms with Gasteiger partial charge in [0, 0.05) is 17.2 Å². The molecule has 1 N–H and O–H groups in total. The molecule has 2 aromatic rings. The second-order valence-electron chi connectivity index (χ2n) is 4.18. The van der Waals surface area contributed by atoms with E-state index in [1.165, 1.54) is 5.56 Å². The molecule has 2 rings (SSSR count). The zero-order valence-electron chi connectivity index (χ0n) is 10.9. The summed E-state index contributed by atoms with van der Waals surface area (Å²) in [6.45, 7) is 3.52. The predicted molar refractivity (Wildman–Crippen MR) is 81.5 cm³/mol. The van der Waals surface area contributed by atoms with Crippen LogP contribution in [0.5, 0.6) is 5.75 Å². The van der Waals surface area contributed by atoms with Gasteiger partial charge in [-0.05, 0) is 36.2 Å². The van der Waals surface area contributed by atoms with Gasteiger partial charge in [0.1, 0.15) is 0 Å². The molecule has 0 amide bonds. The number of hydrogen-bond donors (Lipinski definition) is 1. The van der Waals surface area contributed by atoms with Crippen molar-refractivity contribution in [3.8, 4) is 5.75 Å². The lowest BCUT2D eigenvalue weighted by Gasteiger charge is -2.11. The van der Waals surface area contributed by atoms with E-state index in [1.54, 1.807) is 6.20 Å². The van der Waals surface area contributed by atoms with Gasteiger partial charge in [0.25, 0.3) is 0 Å². The van der Waals surface area contributed by atoms with Gasteiger partial charge >= 0.3 is 0 Å². The Morgan fingerprint density at radius 3 is 2.95 bits per heavy atom. The zero-order chi connectivity index (χ0) is 13.5. The van der Waals surface area contributed by atoms with Crippen LogP contribution < -0.4 is 10.1 Å². The fourth-order valence-corrected chi connectivity index (χ4v) is 2.13. The first-order valence-electron chi connectivity index (χ1n) is 6.35. The molecule has 0 spiro atoms. The van der Waals surface area contributed by atoms with E-state index < -0.39 is 0 Å². The van der Waals surface area contributed by atoms with Crippen LogP contribution in [-0.2, 0) is 6.54 Å². The molecule has 1 aromatic heterocycles. The second kappa shape index (κ2) is 7.14. The van der Waals surface area contributed by atoms with Crippen LogP contribution in [0.15, 0.2) is 47.1 Å². The lowest BCUT2D eigenvalue weighted by Crippen LogP contribution is -2.05. The Labute approximate surface area is 122 Å². The average Bonchev–Trinajstić information content (AvgIpc) is 2.44. The normalized spacial score (nSPS) is 10.2. The fourth-order valence-electron chi connectivity index (χ4n) is 1.68. The summed E-state index contributed by atoms with van der Waals surface area (Å²) in [5, 5.41) is 3.31. The van der Waals surface area contributed by atoms with Gasteiger partial charge in [0.2, 0.25) is 0 Å². The zero-order valence-corrected chi connectivity index (χ0v) is 12.5. The number of nitrogens with zero attached hydrogens (tertiary/aromatic N) is 1. The third kappa shape index (κ3) is 4.24. The first-order valence-corrected chi connectivity index (χ1v) is 7.15. The predicted octanol–water partition coefficient (Wildman–Crippen LogP) is 4.25. The average molecular weight is 321 g/mol. The van der Waals surface area contributed by atoms with E-state index in [4.69, 9.17) is 4.74 Å². The highest BCUT2D eigenvalue weighted by molar-refractivity contribution is 9.10. The van der Waals surface area contributed by atoms with Crippen molar-refractivity contribution in [3.05, 3.63) is 52.6 Å². The van der Waals surface area contributed by atoms with Crippen LogP contribution in [0, 0.1) is 0 Å². The van der Waals surface area contributed by atoms with Crippen LogP contribution in [0.3, 0.4) is 0 Å². The van der Waals surface area contributed by atoms with Crippen molar-refractivity contribution in [3.63, 3.8) is 0 Å². The van der Waals surface area contributed by atoms with Gasteiger partial charge in [0.15, 0.2) is 11.6 Å². The number of rotatable bonds is 6. The molecule has 0 aliphatic heterocycles. The smallest absolute Gasteiger partial charge is 0.169 e. The van der Waals surface area contributed by atoms with Crippen molar-refractivity contribution in [2.45, 2.75) is 19.9 Å². The van der Waals surface area contributed by atoms with Crippen LogP contribution in [0.1, 0.15) is 18.9 Å². The number of anilines is 1. The number of halogens is 1. The number of hydrogen-bond acceptors (Lipinski definition) is 3. The molecule has 0 atom stereocenters. The first kappa shape index (κ1) is 13.9. The Balaban J connectivity index is 2.02. The molecule has 1 heterocycles. The molecule has 0 radical (unpaired) electrons. The molecule has 0 aliphatic carbocycles. The molecule has 0 aliphatic rings. The maximum absolute atomic E-state index is 5.66. The largest absolute Gasteiger partial charge is 0.490 e. The van der Waals surface area contributed by atoms with Crippen LogP contribution in [-0.4, -0.2) is 11.6 Å². The summed E-state index contributed by atoms with van der Waals surface area (Å²) in [4.78, 5) is 4.32. The minimum Gasteiger partial charge on any atom is -0.490 e. The van der Waals surface area contributed by atoms with Gasteiger partial charge in [-0.1, -0.05) is 35.0 Å². The lowest BCUT2D eigenvalue weighted by molar-refractivity contribution is 0.318. The molecular formula is C15H17BrN2O. The lowest BCUT2D eigenvalue weighted by atomic mass is 10.2. The Bertz CT molecular complexity index is 531. The van der Waals surface area contributed by atoms with Crippen LogP contribution in [0.25, 0.3) is 0 Å². The summed E-state index contributed by atoms with van der Waals surface area (Å²) >= 11 is 3.47. The number of pyridine rings is 1. The number of benzene rings is 1. The van der Waals surface area contributed by atoms with Gasteiger partial charge < -0.3 is 10.1 Å². The number of nitrogens with one attached hydrogen (secondary N) is 1. The summed E-state index contributed by atoms with van der Waals surface area (Å²) in [5.41, 5.74) is 1.20. The summed E-state index contributed by atoms with van der Waals surface area (Å²) in [7, 11) is 0. The van der Waals surface area contributed by atoms with Crippen LogP contribution in [0.4, 0.5) is 5.82 Å². The molecule has 19 heavy (non-hydrogen) atoms. The van der Waals surface area contributed by atoms with Gasteiger partial charge in [-0.15, -0.1) is 0 Å². The van der Waals surface area contributed by atoms with Crippen molar-refractivity contribution >= 4 is 21.7 Å². The molecule has 4 heteroatoms. The Morgan fingerprint density at radius 2 is 2.16 bits per heavy atom. The monoisotopic (exact) mass is 320 g/mol. The standard InChI is InChI=1S/C15H17BrN2O/c1-2-9-19-14-7-4-8-17-15(14)18-11-12-5-3-6-13(16)10-12/h3-8,10H,2,9,11H2,1H3,(H,17,18). The van der Waals surface area contributed by atoms with E-state index in [1.807, 2.05) is 24.3 Å². The maximum atomic E-state index is 5.66. The van der Waals surface area contributed by atoms with Gasteiger partial charge in [-0.3, -0.25) is 0 Å². The van der Waals surface area contributed by atoms with Gasteiger partial charge in [-0.25, -0.2) is 4.98 Å². The highest BCUT2D eigenvalue weighted by atomic mass is 79.9. The van der Waals surface area contributed by atoms with Gasteiger partial charge in [-0.2, -0.15) is 0 Å². The van der Waals surface area contributed by atoms with E-state index in [2.05, 4.69) is 45.3 Å². The quantitative estimate of drug-likeness (QED) is 0.864. The summed E-state index contributed by atoms with van der Waals surface area (Å²) in [6.07, 6.45) is 2.75. The van der Waals surface area contributed by atoms with Crippen LogP contribution >= 0.6 is 15.9 Å². The highest BCUT2D eigenvalue weighted by Gasteiger charge is 2.03. The summed E-state index contributed by atoms with van der Waals surface area (Å²) < 4.78 is 6.74. The molecule has 0 bridgehead atoms. The Morgan fingerprint density at radius 1 is 1.26 bits per heavy atom. The second-order valence-corrected chi connectivity index (χ2v) is 5.10. The SMILES string of the molecule is CCCOc1cccnc1NCc1cccc(Br)c1. The highest BCUT2D eigenvalue weighted by Crippen LogP contribution is 2.22. The third-order valence-corrected chi connectivity index (χ3v) is 3.07. The minimum atomic E-state index is 0.706. The topological polar surface area (TPSA) is 34.1 Å². The van der Waals surface area contributed by atoms with Crippen molar-refractivity contribution in [1.82, 2.24) is 4.98 Å². The van der Waals surface area contributed by atoms with Crippen molar-refractivity contribution in [1.29, 1.82) is 0 Å². The molecule has 0 saturated heterocycles. The van der Waals surface area contributed by atoms with Crippen molar-refractivity contribution < 1.29 is 4.74 Å². The molecule has 1 aromatic carbocycles. The molecule has 100 valence electrons. The number of ether oxygens (including phenoxy) is 1. The van der Waals surface area contributed by atoms with Crippen molar-refractivity contribution in [2.75, 3.05) is 11.9 Å². The van der Waals surface area contributed by atoms with E-state index in [0.29, 0.717) is 6.61 Å². The van der Waals surface area contributed by atoms with E-state index in [-0.39, 0.29) is 0 Å². The molecule has 0 saturated carbocycles. The van der Waals surface area contributed by atoms with E-state index in [9.17, 15) is 0 Å². The number of aromatic nitrogens is 1. The van der Waals surface area contributed by atoms with Gasteiger partial charge in [0.05, 0.1) is 6.61 Å².